The van der Waals surface area contributed by atoms with Crippen molar-refractivity contribution >= 4 is 47.7 Å². The van der Waals surface area contributed by atoms with E-state index < -0.39 is 23.9 Å². The number of carbonyl (C=O) groups excluding carboxylic acids is 5. The fraction of sp³-hybridized carbons (Fsp3) is 0.667. The Morgan fingerprint density at radius 3 is 2.14 bits per heavy atom. The van der Waals surface area contributed by atoms with E-state index in [4.69, 9.17) is 25.8 Å². The molecule has 2 bridgehead atoms. The van der Waals surface area contributed by atoms with E-state index >= 15 is 0 Å². The number of halogens is 1. The molecule has 3 atom stereocenters. The first-order valence-electron chi connectivity index (χ1n) is 25.1. The van der Waals surface area contributed by atoms with Crippen molar-refractivity contribution < 1.29 is 42.7 Å². The van der Waals surface area contributed by atoms with Gasteiger partial charge in [0.25, 0.3) is 0 Å². The van der Waals surface area contributed by atoms with E-state index in [1.165, 1.54) is 44.7 Å². The van der Waals surface area contributed by atoms with Crippen LogP contribution in [0.5, 0.6) is 0 Å². The predicted octanol–water partition coefficient (Wildman–Crippen LogP) is 6.45. The number of aromatic nitrogens is 2. The zero-order chi connectivity index (χ0) is 53.2. The number of benzene rings is 1. The molecule has 0 radical (unpaired) electrons. The first kappa shape index (κ1) is 63.6. The molecule has 6 amide bonds. The lowest BCUT2D eigenvalue weighted by atomic mass is 9.68. The molecule has 19 nitrogen and oxygen atoms in total. The summed E-state index contributed by atoms with van der Waals surface area (Å²) in [7, 11) is 0. The largest absolute Gasteiger partial charge is 0.384 e. The van der Waals surface area contributed by atoms with E-state index in [-0.39, 0.29) is 43.6 Å². The lowest BCUT2D eigenvalue weighted by Gasteiger charge is -2.42. The Labute approximate surface area is 422 Å². The van der Waals surface area contributed by atoms with Gasteiger partial charge >= 0.3 is 6.03 Å². The molecule has 3 fully saturated rings. The quantitative estimate of drug-likeness (QED) is 0.0311. The molecule has 4 aliphatic rings. The highest BCUT2D eigenvalue weighted by atomic mass is 19.1. The number of nitrogens with two attached hydrogens (primary N) is 2. The Kier molecular flexibility index (Phi) is 31.9. The van der Waals surface area contributed by atoms with Crippen LogP contribution in [0.25, 0.3) is 5.57 Å². The maximum atomic E-state index is 14.0. The second-order valence-corrected chi connectivity index (χ2v) is 19.6. The van der Waals surface area contributed by atoms with E-state index in [0.717, 1.165) is 36.5 Å². The minimum Gasteiger partial charge on any atom is -0.384 e. The molecule has 3 saturated carbocycles. The van der Waals surface area contributed by atoms with Crippen LogP contribution in [0.1, 0.15) is 145 Å². The summed E-state index contributed by atoms with van der Waals surface area (Å²) in [5.74, 6) is 1.15. The third kappa shape index (κ3) is 28.3. The van der Waals surface area contributed by atoms with Crippen LogP contribution >= 0.6 is 0 Å². The first-order chi connectivity index (χ1) is 33.8. The fourth-order valence-electron chi connectivity index (χ4n) is 7.08. The summed E-state index contributed by atoms with van der Waals surface area (Å²) in [6, 6.07) is 5.72. The van der Waals surface area contributed by atoms with Crippen LogP contribution in [0, 0.1) is 23.1 Å². The van der Waals surface area contributed by atoms with Gasteiger partial charge in [-0.25, -0.2) is 24.6 Å². The summed E-state index contributed by atoms with van der Waals surface area (Å²) in [5, 5.41) is 16.3. The fourth-order valence-corrected chi connectivity index (χ4v) is 7.08. The smallest absolute Gasteiger partial charge is 0.312 e. The predicted molar refractivity (Wildman–Crippen MR) is 278 cm³/mol. The summed E-state index contributed by atoms with van der Waals surface area (Å²) < 4.78 is 25.1. The molecule has 2 heterocycles. The number of hydroxylamine groups is 1. The van der Waals surface area contributed by atoms with Gasteiger partial charge in [-0.05, 0) is 94.2 Å². The minimum absolute atomic E-state index is 0.155. The van der Waals surface area contributed by atoms with Crippen LogP contribution in [-0.4, -0.2) is 104 Å². The van der Waals surface area contributed by atoms with Crippen LogP contribution in [0.2, 0.25) is 0 Å². The highest BCUT2D eigenvalue weighted by Gasteiger charge is 2.36. The molecule has 3 unspecified atom stereocenters. The SMILES string of the molecule is CC(C)(C)CCOCCOC(C)(C)CN.CC1NC=C1c1ncc(F)c(NC2CC3CCC2CC3)n1.CCC.CCC.NC(=O)NCCCC(NC(=O)CNC=O)C(=O)Nc1ccc(CONC=O)cc1. The van der Waals surface area contributed by atoms with Gasteiger partial charge in [-0.15, -0.1) is 0 Å². The molecule has 0 spiro atoms. The van der Waals surface area contributed by atoms with Gasteiger partial charge in [0.1, 0.15) is 6.04 Å². The highest BCUT2D eigenvalue weighted by molar-refractivity contribution is 5.97. The zero-order valence-electron chi connectivity index (χ0n) is 44.2. The molecule has 402 valence electrons. The van der Waals surface area contributed by atoms with Crippen LogP contribution in [-0.2, 0) is 40.1 Å². The van der Waals surface area contributed by atoms with E-state index in [9.17, 15) is 28.4 Å². The average molecular weight is 1000 g/mol. The lowest BCUT2D eigenvalue weighted by Crippen LogP contribution is -2.47. The van der Waals surface area contributed by atoms with Crippen molar-refractivity contribution in [3.63, 3.8) is 0 Å². The Bertz CT molecular complexity index is 1860. The van der Waals surface area contributed by atoms with Crippen LogP contribution < -0.4 is 48.8 Å². The minimum atomic E-state index is -0.884. The summed E-state index contributed by atoms with van der Waals surface area (Å²) >= 11 is 0. The third-order valence-electron chi connectivity index (χ3n) is 11.1. The van der Waals surface area contributed by atoms with Gasteiger partial charge in [-0.3, -0.25) is 24.0 Å². The number of urea groups is 1. The van der Waals surface area contributed by atoms with Crippen molar-refractivity contribution in [3.05, 3.63) is 53.9 Å². The number of primary amides is 1. The third-order valence-corrected chi connectivity index (χ3v) is 11.1. The monoisotopic (exact) mass is 1000 g/mol. The Hall–Kier alpha value is -5.44. The van der Waals surface area contributed by atoms with Gasteiger partial charge in [0, 0.05) is 43.2 Å². The van der Waals surface area contributed by atoms with Gasteiger partial charge in [-0.2, -0.15) is 0 Å². The van der Waals surface area contributed by atoms with Crippen molar-refractivity contribution in [3.8, 4) is 0 Å². The maximum Gasteiger partial charge on any atom is 0.312 e. The molecule has 0 saturated heterocycles. The van der Waals surface area contributed by atoms with Crippen molar-refractivity contribution in [2.75, 3.05) is 50.1 Å². The second-order valence-electron chi connectivity index (χ2n) is 19.6. The van der Waals surface area contributed by atoms with Gasteiger partial charge < -0.3 is 52.8 Å². The number of ether oxygens (including phenoxy) is 2. The highest BCUT2D eigenvalue weighted by Crippen LogP contribution is 2.42. The topological polar surface area (TPSA) is 275 Å². The second kappa shape index (κ2) is 35.6. The summed E-state index contributed by atoms with van der Waals surface area (Å²) in [5.41, 5.74) is 15.0. The molecular formula is C51H88FN11O8. The molecule has 2 aromatic rings. The Balaban J connectivity index is 0.000000525. The lowest BCUT2D eigenvalue weighted by molar-refractivity contribution is -0.126. The van der Waals surface area contributed by atoms with Crippen LogP contribution in [0.4, 0.5) is 20.7 Å². The molecular weight excluding hydrogens is 914 g/mol. The van der Waals surface area contributed by atoms with E-state index in [1.54, 1.807) is 24.3 Å². The number of anilines is 2. The van der Waals surface area contributed by atoms with Crippen molar-refractivity contribution in [2.45, 2.75) is 164 Å². The van der Waals surface area contributed by atoms with Gasteiger partial charge in [-0.1, -0.05) is 86.3 Å². The Morgan fingerprint density at radius 1 is 0.958 bits per heavy atom. The van der Waals surface area contributed by atoms with Gasteiger partial charge in [0.05, 0.1) is 44.2 Å². The van der Waals surface area contributed by atoms with Crippen LogP contribution in [0.3, 0.4) is 0 Å². The number of hydrogen-bond acceptors (Lipinski definition) is 13. The summed E-state index contributed by atoms with van der Waals surface area (Å²) in [4.78, 5) is 68.9. The first-order valence-corrected chi connectivity index (χ1v) is 25.1. The van der Waals surface area contributed by atoms with Crippen molar-refractivity contribution in [1.29, 1.82) is 0 Å². The number of hydrogen-bond donors (Lipinski definition) is 9. The number of carbonyl (C=O) groups is 5. The number of nitrogens with zero attached hydrogens (tertiary/aromatic N) is 2. The normalized spacial score (nSPS) is 17.8. The zero-order valence-corrected chi connectivity index (χ0v) is 44.2. The number of rotatable bonds is 24. The summed E-state index contributed by atoms with van der Waals surface area (Å²) in [6.07, 6.45) is 14.6. The summed E-state index contributed by atoms with van der Waals surface area (Å²) in [6.45, 7) is 23.9. The molecule has 1 aliphatic heterocycles. The maximum absolute atomic E-state index is 14.0. The standard InChI is InChI=1S/C17H24N6O6.C16H21FN4.C12H27NO2.2C3H8/c18-17(28)20-7-1-2-14(23-15(26)8-19-10-24)16(27)22-13-5-3-12(4-6-13)9-29-21-11-25;1-9-12(7-18-9)15-19-8-13(17)16(21-15)20-14-6-10-2-4-11(14)5-3-10;1-11(2,3)6-7-14-8-9-15-12(4,5)10-13;2*1-3-2/h3-6,10-11,14H,1-2,7-9H2,(H,19,24)(H,21,25)(H,22,27)(H,23,26)(H3,18,20,28);7-11,14,18H,2-6H2,1H3,(H,19,20,21);6-10,13H2,1-5H3;2*3H2,1-2H3. The number of amides is 6. The van der Waals surface area contributed by atoms with Crippen LogP contribution in [0.15, 0.2) is 36.7 Å². The van der Waals surface area contributed by atoms with Crippen molar-refractivity contribution in [2.24, 2.45) is 28.7 Å². The molecule has 6 rings (SSSR count). The molecule has 1 aromatic heterocycles. The number of fused-ring (bicyclic) bond motifs is 3. The Morgan fingerprint density at radius 2 is 1.62 bits per heavy atom. The average Bonchev–Trinajstić information content (AvgIpc) is 3.32. The molecule has 3 aliphatic carbocycles. The number of nitrogens with one attached hydrogen (secondary N) is 7. The molecule has 71 heavy (non-hydrogen) atoms. The molecule has 11 N–H and O–H groups in total. The van der Waals surface area contributed by atoms with E-state index in [0.29, 0.717) is 73.7 Å². The van der Waals surface area contributed by atoms with E-state index in [2.05, 4.69) is 103 Å². The van der Waals surface area contributed by atoms with E-state index in [1.807, 2.05) is 20.0 Å². The van der Waals surface area contributed by atoms with Crippen molar-refractivity contribution in [1.82, 2.24) is 36.7 Å². The molecule has 1 aromatic carbocycles. The van der Waals surface area contributed by atoms with Gasteiger partial charge in [0.2, 0.25) is 24.6 Å². The molecule has 20 heteroatoms. The van der Waals surface area contributed by atoms with Gasteiger partial charge in [0.15, 0.2) is 17.5 Å².